The molecule has 166 valence electrons. The topological polar surface area (TPSA) is 57.5 Å². The Hall–Kier alpha value is -2.34. The van der Waals surface area contributed by atoms with Crippen molar-refractivity contribution >= 4 is 17.1 Å². The molecule has 0 amide bonds. The maximum absolute atomic E-state index is 13.1. The van der Waals surface area contributed by atoms with Gasteiger partial charge in [-0.15, -0.1) is 11.3 Å². The number of aliphatic hydroxyl groups is 2. The molecule has 0 fully saturated rings. The van der Waals surface area contributed by atoms with Crippen LogP contribution in [0.2, 0.25) is 0 Å². The second-order valence-electron chi connectivity index (χ2n) is 7.24. The first-order chi connectivity index (χ1) is 15.0. The Kier molecular flexibility index (Phi) is 10.0. The first-order valence-corrected chi connectivity index (χ1v) is 11.5. The number of carbonyl (C=O) groups is 1. The Morgan fingerprint density at radius 3 is 2.45 bits per heavy atom. The molecule has 1 atom stereocenters. The molecule has 0 spiro atoms. The number of carbonyl (C=O) groups excluding carboxylic acids is 1. The van der Waals surface area contributed by atoms with Gasteiger partial charge in [0.05, 0.1) is 12.7 Å². The number of Topliss-reactive ketones (excluding diaryl/α,β-unsaturated/α-hetero) is 1. The summed E-state index contributed by atoms with van der Waals surface area (Å²) < 4.78 is 13.1. The van der Waals surface area contributed by atoms with Gasteiger partial charge in [0.2, 0.25) is 0 Å². The Labute approximate surface area is 188 Å². The number of aliphatic hydroxyl groups excluding tert-OH is 2. The largest absolute Gasteiger partial charge is 0.394 e. The van der Waals surface area contributed by atoms with Crippen LogP contribution in [0.3, 0.4) is 0 Å². The minimum atomic E-state index is -0.759. The second kappa shape index (κ2) is 12.5. The quantitative estimate of drug-likeness (QED) is 0.389. The highest BCUT2D eigenvalue weighted by atomic mass is 32.1. The van der Waals surface area contributed by atoms with E-state index in [4.69, 9.17) is 5.11 Å². The van der Waals surface area contributed by atoms with Crippen LogP contribution in [0.4, 0.5) is 4.39 Å². The van der Waals surface area contributed by atoms with Gasteiger partial charge < -0.3 is 10.2 Å². The van der Waals surface area contributed by atoms with Crippen LogP contribution in [0.5, 0.6) is 0 Å². The van der Waals surface area contributed by atoms with Crippen LogP contribution < -0.4 is 0 Å². The summed E-state index contributed by atoms with van der Waals surface area (Å²) in [6, 6.07) is 16.4. The molecule has 1 unspecified atom stereocenters. The molecule has 0 aliphatic heterocycles. The predicted octanol–water partition coefficient (Wildman–Crippen LogP) is 6.19. The van der Waals surface area contributed by atoms with Crippen LogP contribution in [0.25, 0.3) is 10.4 Å². The summed E-state index contributed by atoms with van der Waals surface area (Å²) >= 11 is 1.67. The molecule has 0 saturated carbocycles. The molecular weight excluding hydrogens is 411 g/mol. The number of thiophene rings is 1. The van der Waals surface area contributed by atoms with Gasteiger partial charge in [-0.1, -0.05) is 38.1 Å². The van der Waals surface area contributed by atoms with Gasteiger partial charge in [0.25, 0.3) is 0 Å². The van der Waals surface area contributed by atoms with Gasteiger partial charge in [-0.25, -0.2) is 4.39 Å². The van der Waals surface area contributed by atoms with Crippen molar-refractivity contribution in [3.63, 3.8) is 0 Å². The van der Waals surface area contributed by atoms with Crippen molar-refractivity contribution < 1.29 is 19.4 Å². The Balaban J connectivity index is 0.00000166. The molecule has 1 heterocycles. The highest BCUT2D eigenvalue weighted by Crippen LogP contribution is 2.30. The average Bonchev–Trinajstić information content (AvgIpc) is 3.25. The molecule has 0 aliphatic carbocycles. The van der Waals surface area contributed by atoms with Crippen molar-refractivity contribution in [2.75, 3.05) is 6.61 Å². The monoisotopic (exact) mass is 442 g/mol. The van der Waals surface area contributed by atoms with Crippen LogP contribution in [0.1, 0.15) is 59.5 Å². The first kappa shape index (κ1) is 24.9. The lowest BCUT2D eigenvalue weighted by Gasteiger charge is -2.09. The van der Waals surface area contributed by atoms with Crippen molar-refractivity contribution in [2.45, 2.75) is 52.6 Å². The van der Waals surface area contributed by atoms with E-state index in [1.165, 1.54) is 17.0 Å². The van der Waals surface area contributed by atoms with E-state index >= 15 is 0 Å². The fourth-order valence-electron chi connectivity index (χ4n) is 3.20. The zero-order chi connectivity index (χ0) is 22.8. The molecule has 2 N–H and O–H groups in total. The fourth-order valence-corrected chi connectivity index (χ4v) is 4.24. The molecule has 5 heteroatoms. The predicted molar refractivity (Wildman–Crippen MR) is 126 cm³/mol. The fraction of sp³-hybridized carbons (Fsp3) is 0.346. The Morgan fingerprint density at radius 1 is 1.06 bits per heavy atom. The van der Waals surface area contributed by atoms with E-state index in [0.29, 0.717) is 24.8 Å². The molecule has 0 radical (unpaired) electrons. The van der Waals surface area contributed by atoms with Gasteiger partial charge in [0.15, 0.2) is 5.78 Å². The van der Waals surface area contributed by atoms with Gasteiger partial charge in [-0.05, 0) is 66.8 Å². The summed E-state index contributed by atoms with van der Waals surface area (Å²) in [7, 11) is 0. The lowest BCUT2D eigenvalue weighted by atomic mass is 9.97. The number of aryl methyl sites for hydroxylation is 1. The van der Waals surface area contributed by atoms with Crippen molar-refractivity contribution in [1.29, 1.82) is 0 Å². The zero-order valence-corrected chi connectivity index (χ0v) is 19.2. The summed E-state index contributed by atoms with van der Waals surface area (Å²) in [5.74, 6) is -0.192. The van der Waals surface area contributed by atoms with Gasteiger partial charge in [0.1, 0.15) is 5.82 Å². The lowest BCUT2D eigenvalue weighted by molar-refractivity contribution is 0.0829. The van der Waals surface area contributed by atoms with Crippen LogP contribution >= 0.6 is 11.3 Å². The van der Waals surface area contributed by atoms with E-state index in [1.807, 2.05) is 45.0 Å². The minimum Gasteiger partial charge on any atom is -0.394 e. The first-order valence-electron chi connectivity index (χ1n) is 10.7. The maximum Gasteiger partial charge on any atom is 0.162 e. The Morgan fingerprint density at radius 2 is 1.77 bits per heavy atom. The third kappa shape index (κ3) is 7.39. The summed E-state index contributed by atoms with van der Waals surface area (Å²) in [4.78, 5) is 14.7. The highest BCUT2D eigenvalue weighted by molar-refractivity contribution is 7.15. The molecule has 0 aliphatic rings. The second-order valence-corrected chi connectivity index (χ2v) is 8.41. The van der Waals surface area contributed by atoms with Crippen LogP contribution in [-0.4, -0.2) is 28.7 Å². The van der Waals surface area contributed by atoms with Crippen LogP contribution in [0.15, 0.2) is 54.6 Å². The minimum absolute atomic E-state index is 0.0505. The van der Waals surface area contributed by atoms with Crippen molar-refractivity contribution in [1.82, 2.24) is 0 Å². The van der Waals surface area contributed by atoms with E-state index in [2.05, 4.69) is 6.07 Å². The summed E-state index contributed by atoms with van der Waals surface area (Å²) in [5.41, 5.74) is 3.92. The van der Waals surface area contributed by atoms with E-state index < -0.39 is 6.10 Å². The summed E-state index contributed by atoms with van der Waals surface area (Å²) in [6.45, 7) is 5.76. The molecular formula is C26H31FO3S. The standard InChI is InChI=1S/C24H25FO3S.C2H6/c1-16-5-6-18(23(28)4-2-3-21(27)15-26)13-19(16)14-22-11-12-24(29-22)17-7-9-20(25)10-8-17;1-2/h5-13,21,26-27H,2-4,14-15H2,1H3;1-2H3. The van der Waals surface area contributed by atoms with Gasteiger partial charge in [0, 0.05) is 28.2 Å². The number of benzene rings is 2. The molecule has 3 nitrogen and oxygen atoms in total. The van der Waals surface area contributed by atoms with E-state index in [0.717, 1.165) is 28.0 Å². The molecule has 0 bridgehead atoms. The average molecular weight is 443 g/mol. The lowest BCUT2D eigenvalue weighted by Crippen LogP contribution is -2.12. The van der Waals surface area contributed by atoms with E-state index in [1.54, 1.807) is 23.5 Å². The highest BCUT2D eigenvalue weighted by Gasteiger charge is 2.11. The van der Waals surface area contributed by atoms with E-state index in [-0.39, 0.29) is 18.2 Å². The number of rotatable bonds is 9. The maximum atomic E-state index is 13.1. The number of halogens is 1. The smallest absolute Gasteiger partial charge is 0.162 e. The van der Waals surface area contributed by atoms with Gasteiger partial charge in [-0.2, -0.15) is 0 Å². The molecule has 31 heavy (non-hydrogen) atoms. The van der Waals surface area contributed by atoms with Gasteiger partial charge >= 0.3 is 0 Å². The Bertz CT molecular complexity index is 963. The van der Waals surface area contributed by atoms with Gasteiger partial charge in [-0.3, -0.25) is 4.79 Å². The van der Waals surface area contributed by atoms with Crippen molar-refractivity contribution in [2.24, 2.45) is 0 Å². The van der Waals surface area contributed by atoms with Crippen molar-refractivity contribution in [3.8, 4) is 10.4 Å². The number of ketones is 1. The zero-order valence-electron chi connectivity index (χ0n) is 18.4. The number of hydrogen-bond acceptors (Lipinski definition) is 4. The third-order valence-electron chi connectivity index (χ3n) is 4.98. The molecule has 3 rings (SSSR count). The summed E-state index contributed by atoms with van der Waals surface area (Å²) in [6.07, 6.45) is 1.30. The molecule has 1 aromatic heterocycles. The molecule has 3 aromatic rings. The van der Waals surface area contributed by atoms with Crippen molar-refractivity contribution in [3.05, 3.63) is 82.0 Å². The normalized spacial score (nSPS) is 11.5. The van der Waals surface area contributed by atoms with E-state index in [9.17, 15) is 14.3 Å². The molecule has 2 aromatic carbocycles. The third-order valence-corrected chi connectivity index (χ3v) is 6.11. The SMILES string of the molecule is CC.Cc1ccc(C(=O)CCCC(O)CO)cc1Cc1ccc(-c2ccc(F)cc2)s1. The molecule has 0 saturated heterocycles. The summed E-state index contributed by atoms with van der Waals surface area (Å²) in [5, 5.41) is 18.3. The number of hydrogen-bond donors (Lipinski definition) is 2. The van der Waals surface area contributed by atoms with Crippen LogP contribution in [0, 0.1) is 12.7 Å². The van der Waals surface area contributed by atoms with Crippen LogP contribution in [-0.2, 0) is 6.42 Å².